The van der Waals surface area contributed by atoms with Crippen LogP contribution >= 0.6 is 0 Å². The monoisotopic (exact) mass is 285 g/mol. The summed E-state index contributed by atoms with van der Waals surface area (Å²) in [6.45, 7) is 4.98. The molecule has 3 rings (SSSR count). The average molecular weight is 285 g/mol. The molecule has 1 aliphatic rings. The van der Waals surface area contributed by atoms with Gasteiger partial charge in [-0.1, -0.05) is 19.1 Å². The van der Waals surface area contributed by atoms with E-state index in [1.807, 2.05) is 30.5 Å². The zero-order valence-electron chi connectivity index (χ0n) is 12.6. The molecule has 112 valence electrons. The summed E-state index contributed by atoms with van der Waals surface area (Å²) in [6, 6.07) is 8.32. The molecule has 1 aliphatic heterocycles. The van der Waals surface area contributed by atoms with E-state index in [9.17, 15) is 4.79 Å². The Morgan fingerprint density at radius 3 is 2.86 bits per heavy atom. The third kappa shape index (κ3) is 2.81. The molecule has 2 N–H and O–H groups in total. The van der Waals surface area contributed by atoms with E-state index in [0.717, 1.165) is 55.4 Å². The first-order chi connectivity index (χ1) is 10.3. The van der Waals surface area contributed by atoms with Gasteiger partial charge >= 0.3 is 0 Å². The van der Waals surface area contributed by atoms with E-state index in [1.54, 1.807) is 0 Å². The number of rotatable bonds is 4. The third-order valence-corrected chi connectivity index (χ3v) is 4.29. The normalized spacial score (nSPS) is 16.2. The molecule has 1 saturated heterocycles. The van der Waals surface area contributed by atoms with Crippen LogP contribution in [0.3, 0.4) is 0 Å². The first-order valence-corrected chi connectivity index (χ1v) is 7.89. The first-order valence-electron chi connectivity index (χ1n) is 7.89. The van der Waals surface area contributed by atoms with Crippen molar-refractivity contribution in [3.05, 3.63) is 36.0 Å². The summed E-state index contributed by atoms with van der Waals surface area (Å²) in [5, 5.41) is 4.47. The number of para-hydroxylation sites is 1. The second kappa shape index (κ2) is 6.31. The van der Waals surface area contributed by atoms with Crippen LogP contribution in [0.25, 0.3) is 10.9 Å². The van der Waals surface area contributed by atoms with Crippen molar-refractivity contribution in [2.75, 3.05) is 19.6 Å². The Hall–Kier alpha value is -1.81. The van der Waals surface area contributed by atoms with Crippen LogP contribution in [0, 0.1) is 0 Å². The molecule has 1 amide bonds. The Labute approximate surface area is 125 Å². The first kappa shape index (κ1) is 14.1. The van der Waals surface area contributed by atoms with Gasteiger partial charge in [-0.3, -0.25) is 4.79 Å². The van der Waals surface area contributed by atoms with Gasteiger partial charge in [-0.2, -0.15) is 0 Å². The number of aromatic nitrogens is 1. The summed E-state index contributed by atoms with van der Waals surface area (Å²) in [5.41, 5.74) is 1.75. The van der Waals surface area contributed by atoms with Gasteiger partial charge in [-0.15, -0.1) is 0 Å². The van der Waals surface area contributed by atoms with Gasteiger partial charge < -0.3 is 15.2 Å². The number of carbonyl (C=O) groups excluding carboxylic acids is 1. The number of piperidine rings is 1. The van der Waals surface area contributed by atoms with Gasteiger partial charge in [-0.25, -0.2) is 0 Å². The molecule has 0 saturated carbocycles. The predicted octanol–water partition coefficient (Wildman–Crippen LogP) is 2.77. The number of amides is 1. The van der Waals surface area contributed by atoms with Crippen molar-refractivity contribution in [2.24, 2.45) is 0 Å². The van der Waals surface area contributed by atoms with E-state index in [1.165, 1.54) is 0 Å². The topological polar surface area (TPSA) is 48.1 Å². The smallest absolute Gasteiger partial charge is 0.256 e. The van der Waals surface area contributed by atoms with Crippen molar-refractivity contribution in [3.8, 4) is 0 Å². The van der Waals surface area contributed by atoms with Crippen molar-refractivity contribution >= 4 is 16.8 Å². The molecule has 21 heavy (non-hydrogen) atoms. The van der Waals surface area contributed by atoms with Crippen molar-refractivity contribution < 1.29 is 4.79 Å². The standard InChI is InChI=1S/C17H23N3O/c1-2-12-20(14-7-9-18-10-8-14)17(21)15-5-3-4-13-6-11-19-16(13)15/h3-6,11,14,18-19H,2,7-10,12H2,1H3. The molecular formula is C17H23N3O. The van der Waals surface area contributed by atoms with Crippen LogP contribution in [0.2, 0.25) is 0 Å². The minimum atomic E-state index is 0.164. The summed E-state index contributed by atoms with van der Waals surface area (Å²) in [6.07, 6.45) is 4.99. The molecule has 0 atom stereocenters. The molecule has 0 bridgehead atoms. The largest absolute Gasteiger partial charge is 0.361 e. The van der Waals surface area contributed by atoms with Crippen LogP contribution < -0.4 is 5.32 Å². The number of fused-ring (bicyclic) bond motifs is 1. The minimum absolute atomic E-state index is 0.164. The Morgan fingerprint density at radius 1 is 1.29 bits per heavy atom. The van der Waals surface area contributed by atoms with Gasteiger partial charge in [0, 0.05) is 24.2 Å². The maximum Gasteiger partial charge on any atom is 0.256 e. The van der Waals surface area contributed by atoms with E-state index in [-0.39, 0.29) is 5.91 Å². The lowest BCUT2D eigenvalue weighted by molar-refractivity contribution is 0.0644. The van der Waals surface area contributed by atoms with E-state index in [4.69, 9.17) is 0 Å². The number of H-pyrrole nitrogens is 1. The van der Waals surface area contributed by atoms with Crippen molar-refractivity contribution in [1.82, 2.24) is 15.2 Å². The highest BCUT2D eigenvalue weighted by atomic mass is 16.2. The maximum atomic E-state index is 13.0. The molecule has 0 spiro atoms. The summed E-state index contributed by atoms with van der Waals surface area (Å²) in [4.78, 5) is 18.3. The number of carbonyl (C=O) groups is 1. The molecule has 1 aromatic carbocycles. The van der Waals surface area contributed by atoms with E-state index in [0.29, 0.717) is 6.04 Å². The molecule has 4 nitrogen and oxygen atoms in total. The summed E-state index contributed by atoms with van der Waals surface area (Å²) in [7, 11) is 0. The predicted molar refractivity (Wildman–Crippen MR) is 85.5 cm³/mol. The number of benzene rings is 1. The van der Waals surface area contributed by atoms with Crippen LogP contribution in [-0.2, 0) is 0 Å². The maximum absolute atomic E-state index is 13.0. The fourth-order valence-electron chi connectivity index (χ4n) is 3.23. The second-order valence-corrected chi connectivity index (χ2v) is 5.73. The molecule has 1 fully saturated rings. The highest BCUT2D eigenvalue weighted by Crippen LogP contribution is 2.22. The number of aromatic amines is 1. The average Bonchev–Trinajstić information content (AvgIpc) is 3.01. The lowest BCUT2D eigenvalue weighted by atomic mass is 10.0. The van der Waals surface area contributed by atoms with Crippen LogP contribution in [0.4, 0.5) is 0 Å². The van der Waals surface area contributed by atoms with Gasteiger partial charge in [-0.05, 0) is 44.5 Å². The molecule has 2 aromatic rings. The van der Waals surface area contributed by atoms with Gasteiger partial charge in [0.05, 0.1) is 11.1 Å². The van der Waals surface area contributed by atoms with Crippen LogP contribution in [-0.4, -0.2) is 41.5 Å². The van der Waals surface area contributed by atoms with Gasteiger partial charge in [0.1, 0.15) is 0 Å². The number of hydrogen-bond acceptors (Lipinski definition) is 2. The fourth-order valence-corrected chi connectivity index (χ4v) is 3.23. The highest BCUT2D eigenvalue weighted by molar-refractivity contribution is 6.05. The molecule has 0 unspecified atom stereocenters. The Balaban J connectivity index is 1.91. The molecule has 0 radical (unpaired) electrons. The summed E-state index contributed by atoms with van der Waals surface area (Å²) in [5.74, 6) is 0.164. The molecule has 2 heterocycles. The van der Waals surface area contributed by atoms with Crippen LogP contribution in [0.5, 0.6) is 0 Å². The molecule has 4 heteroatoms. The highest BCUT2D eigenvalue weighted by Gasteiger charge is 2.26. The van der Waals surface area contributed by atoms with Gasteiger partial charge in [0.25, 0.3) is 5.91 Å². The number of nitrogens with zero attached hydrogens (tertiary/aromatic N) is 1. The summed E-state index contributed by atoms with van der Waals surface area (Å²) < 4.78 is 0. The minimum Gasteiger partial charge on any atom is -0.361 e. The lowest BCUT2D eigenvalue weighted by Gasteiger charge is -2.34. The Morgan fingerprint density at radius 2 is 2.10 bits per heavy atom. The SMILES string of the molecule is CCCN(C(=O)c1cccc2cc[nH]c12)C1CCNCC1. The Kier molecular flexibility index (Phi) is 4.25. The molecule has 0 aliphatic carbocycles. The van der Waals surface area contributed by atoms with Crippen LogP contribution in [0.15, 0.2) is 30.5 Å². The molecular weight excluding hydrogens is 262 g/mol. The van der Waals surface area contributed by atoms with Crippen molar-refractivity contribution in [1.29, 1.82) is 0 Å². The Bertz CT molecular complexity index is 613. The van der Waals surface area contributed by atoms with E-state index < -0.39 is 0 Å². The number of nitrogens with one attached hydrogen (secondary N) is 2. The number of hydrogen-bond donors (Lipinski definition) is 2. The van der Waals surface area contributed by atoms with Gasteiger partial charge in [0.15, 0.2) is 0 Å². The second-order valence-electron chi connectivity index (χ2n) is 5.73. The van der Waals surface area contributed by atoms with Crippen molar-refractivity contribution in [3.63, 3.8) is 0 Å². The van der Waals surface area contributed by atoms with E-state index in [2.05, 4.69) is 22.1 Å². The van der Waals surface area contributed by atoms with Crippen molar-refractivity contribution in [2.45, 2.75) is 32.2 Å². The van der Waals surface area contributed by atoms with Crippen LogP contribution in [0.1, 0.15) is 36.5 Å². The lowest BCUT2D eigenvalue weighted by Crippen LogP contribution is -2.46. The molecule has 1 aromatic heterocycles. The zero-order valence-corrected chi connectivity index (χ0v) is 12.6. The van der Waals surface area contributed by atoms with E-state index >= 15 is 0 Å². The van der Waals surface area contributed by atoms with Gasteiger partial charge in [0.2, 0.25) is 0 Å². The zero-order chi connectivity index (χ0) is 14.7. The fraction of sp³-hybridized carbons (Fsp3) is 0.471. The quantitative estimate of drug-likeness (QED) is 0.907. The summed E-state index contributed by atoms with van der Waals surface area (Å²) >= 11 is 0. The third-order valence-electron chi connectivity index (χ3n) is 4.29.